The van der Waals surface area contributed by atoms with Crippen LogP contribution in [0, 0.1) is 0 Å². The van der Waals surface area contributed by atoms with E-state index in [-0.39, 0.29) is 0 Å². The standard InChI is InChI=1S/C13H16ClN3S/c1-17-12(14)7-16-13(17)8-15-6-10-5-9-3-2-4-11(9)18-10/h5,7,15H,2-4,6,8H2,1H3. The van der Waals surface area contributed by atoms with Gasteiger partial charge in [0.2, 0.25) is 0 Å². The number of hydrogen-bond acceptors (Lipinski definition) is 3. The van der Waals surface area contributed by atoms with Gasteiger partial charge in [0.25, 0.3) is 0 Å². The molecule has 0 aromatic carbocycles. The number of imidazole rings is 1. The summed E-state index contributed by atoms with van der Waals surface area (Å²) in [6.45, 7) is 1.67. The predicted molar refractivity (Wildman–Crippen MR) is 75.1 cm³/mol. The fourth-order valence-electron chi connectivity index (χ4n) is 2.36. The van der Waals surface area contributed by atoms with Gasteiger partial charge in [-0.1, -0.05) is 11.6 Å². The highest BCUT2D eigenvalue weighted by Crippen LogP contribution is 2.30. The minimum atomic E-state index is 0.682. The van der Waals surface area contributed by atoms with Gasteiger partial charge >= 0.3 is 0 Å². The van der Waals surface area contributed by atoms with Crippen molar-refractivity contribution < 1.29 is 0 Å². The number of nitrogens with one attached hydrogen (secondary N) is 1. The van der Waals surface area contributed by atoms with Crippen LogP contribution in [-0.4, -0.2) is 9.55 Å². The number of thiophene rings is 1. The molecule has 0 saturated heterocycles. The van der Waals surface area contributed by atoms with Crippen LogP contribution in [0.25, 0.3) is 0 Å². The van der Waals surface area contributed by atoms with E-state index in [1.165, 1.54) is 24.1 Å². The van der Waals surface area contributed by atoms with E-state index < -0.39 is 0 Å². The van der Waals surface area contributed by atoms with Crippen LogP contribution >= 0.6 is 22.9 Å². The monoisotopic (exact) mass is 281 g/mol. The number of aromatic nitrogens is 2. The van der Waals surface area contributed by atoms with Crippen LogP contribution in [0.3, 0.4) is 0 Å². The van der Waals surface area contributed by atoms with Crippen molar-refractivity contribution in [1.82, 2.24) is 14.9 Å². The second kappa shape index (κ2) is 5.03. The lowest BCUT2D eigenvalue weighted by Gasteiger charge is -2.04. The smallest absolute Gasteiger partial charge is 0.128 e. The first kappa shape index (κ1) is 12.2. The Kier molecular flexibility index (Phi) is 3.41. The summed E-state index contributed by atoms with van der Waals surface area (Å²) < 4.78 is 1.91. The molecule has 1 N–H and O–H groups in total. The maximum Gasteiger partial charge on any atom is 0.128 e. The lowest BCUT2D eigenvalue weighted by molar-refractivity contribution is 0.643. The molecule has 0 spiro atoms. The van der Waals surface area contributed by atoms with Crippen molar-refractivity contribution in [1.29, 1.82) is 0 Å². The second-order valence-corrected chi connectivity index (χ2v) is 6.28. The fraction of sp³-hybridized carbons (Fsp3) is 0.462. The summed E-state index contributed by atoms with van der Waals surface area (Å²) in [6, 6.07) is 2.35. The largest absolute Gasteiger partial charge is 0.321 e. The lowest BCUT2D eigenvalue weighted by Crippen LogP contribution is -2.15. The van der Waals surface area contributed by atoms with E-state index in [9.17, 15) is 0 Å². The van der Waals surface area contributed by atoms with Crippen LogP contribution in [0.5, 0.6) is 0 Å². The molecular formula is C13H16ClN3S. The van der Waals surface area contributed by atoms with Gasteiger partial charge in [-0.3, -0.25) is 0 Å². The van der Waals surface area contributed by atoms with Gasteiger partial charge in [-0.2, -0.15) is 0 Å². The molecule has 3 rings (SSSR count). The topological polar surface area (TPSA) is 29.9 Å². The normalized spacial score (nSPS) is 14.1. The molecule has 0 aliphatic heterocycles. The molecule has 2 aromatic rings. The summed E-state index contributed by atoms with van der Waals surface area (Å²) in [6.07, 6.45) is 5.56. The first-order chi connectivity index (χ1) is 8.74. The molecule has 0 amide bonds. The summed E-state index contributed by atoms with van der Waals surface area (Å²) in [7, 11) is 1.94. The third-order valence-corrected chi connectivity index (χ3v) is 5.00. The molecule has 1 aliphatic carbocycles. The first-order valence-corrected chi connectivity index (χ1v) is 7.41. The Balaban J connectivity index is 1.57. The number of halogens is 1. The maximum absolute atomic E-state index is 5.95. The Hall–Kier alpha value is -0.840. The van der Waals surface area contributed by atoms with Crippen molar-refractivity contribution in [3.63, 3.8) is 0 Å². The summed E-state index contributed by atoms with van der Waals surface area (Å²) in [5.74, 6) is 0.976. The first-order valence-electron chi connectivity index (χ1n) is 6.21. The van der Waals surface area contributed by atoms with Crippen LogP contribution in [0.1, 0.15) is 27.6 Å². The Morgan fingerprint density at radius 1 is 1.44 bits per heavy atom. The highest BCUT2D eigenvalue weighted by molar-refractivity contribution is 7.12. The molecule has 0 fully saturated rings. The quantitative estimate of drug-likeness (QED) is 0.934. The molecule has 1 aliphatic rings. The molecule has 2 aromatic heterocycles. The minimum absolute atomic E-state index is 0.682. The lowest BCUT2D eigenvalue weighted by atomic mass is 10.2. The van der Waals surface area contributed by atoms with Crippen LogP contribution in [0.4, 0.5) is 0 Å². The zero-order chi connectivity index (χ0) is 12.5. The van der Waals surface area contributed by atoms with Crippen molar-refractivity contribution >= 4 is 22.9 Å². The highest BCUT2D eigenvalue weighted by Gasteiger charge is 2.14. The van der Waals surface area contributed by atoms with Gasteiger partial charge < -0.3 is 9.88 Å². The van der Waals surface area contributed by atoms with E-state index in [2.05, 4.69) is 16.4 Å². The van der Waals surface area contributed by atoms with Crippen LogP contribution < -0.4 is 5.32 Å². The third kappa shape index (κ3) is 2.32. The molecule has 18 heavy (non-hydrogen) atoms. The number of fused-ring (bicyclic) bond motifs is 1. The summed E-state index contributed by atoms with van der Waals surface area (Å²) in [5.41, 5.74) is 1.57. The zero-order valence-electron chi connectivity index (χ0n) is 10.4. The highest BCUT2D eigenvalue weighted by atomic mass is 35.5. The van der Waals surface area contributed by atoms with Gasteiger partial charge in [0.1, 0.15) is 11.0 Å². The summed E-state index contributed by atoms with van der Waals surface area (Å²) >= 11 is 7.90. The van der Waals surface area contributed by atoms with E-state index in [1.54, 1.807) is 16.6 Å². The minimum Gasteiger partial charge on any atom is -0.321 e. The summed E-state index contributed by atoms with van der Waals surface area (Å²) in [4.78, 5) is 7.29. The average Bonchev–Trinajstić information content (AvgIpc) is 2.99. The Morgan fingerprint density at radius 3 is 3.06 bits per heavy atom. The SMILES string of the molecule is Cn1c(Cl)cnc1CNCc1cc2c(s1)CCC2. The van der Waals surface area contributed by atoms with E-state index in [1.807, 2.05) is 23.0 Å². The molecule has 0 unspecified atom stereocenters. The van der Waals surface area contributed by atoms with Gasteiger partial charge in [-0.25, -0.2) is 4.98 Å². The van der Waals surface area contributed by atoms with Crippen molar-refractivity contribution in [3.05, 3.63) is 38.6 Å². The van der Waals surface area contributed by atoms with Gasteiger partial charge in [0.15, 0.2) is 0 Å². The van der Waals surface area contributed by atoms with E-state index in [4.69, 9.17) is 11.6 Å². The van der Waals surface area contributed by atoms with Crippen LogP contribution in [-0.2, 0) is 33.0 Å². The van der Waals surface area contributed by atoms with Gasteiger partial charge in [0, 0.05) is 23.3 Å². The predicted octanol–water partition coefficient (Wildman–Crippen LogP) is 2.91. The molecule has 2 heterocycles. The van der Waals surface area contributed by atoms with Crippen LogP contribution in [0.15, 0.2) is 12.3 Å². The molecule has 0 bridgehead atoms. The number of nitrogens with zero attached hydrogens (tertiary/aromatic N) is 2. The number of rotatable bonds is 4. The molecule has 0 radical (unpaired) electrons. The van der Waals surface area contributed by atoms with Gasteiger partial charge in [-0.15, -0.1) is 11.3 Å². The molecule has 3 nitrogen and oxygen atoms in total. The Labute approximate surface area is 116 Å². The molecule has 0 atom stereocenters. The average molecular weight is 282 g/mol. The molecular weight excluding hydrogens is 266 g/mol. The summed E-state index contributed by atoms with van der Waals surface area (Å²) in [5, 5.41) is 4.11. The Morgan fingerprint density at radius 2 is 2.33 bits per heavy atom. The maximum atomic E-state index is 5.95. The van der Waals surface area contributed by atoms with Crippen LogP contribution in [0.2, 0.25) is 5.15 Å². The van der Waals surface area contributed by atoms with Gasteiger partial charge in [0.05, 0.1) is 12.7 Å². The molecule has 5 heteroatoms. The van der Waals surface area contributed by atoms with Crippen molar-refractivity contribution in [2.45, 2.75) is 32.4 Å². The van der Waals surface area contributed by atoms with E-state index in [0.717, 1.165) is 18.9 Å². The second-order valence-electron chi connectivity index (χ2n) is 4.67. The molecule has 0 saturated carbocycles. The van der Waals surface area contributed by atoms with Crippen molar-refractivity contribution in [3.8, 4) is 0 Å². The number of aryl methyl sites for hydroxylation is 2. The third-order valence-electron chi connectivity index (χ3n) is 3.41. The van der Waals surface area contributed by atoms with E-state index >= 15 is 0 Å². The van der Waals surface area contributed by atoms with E-state index in [0.29, 0.717) is 5.15 Å². The van der Waals surface area contributed by atoms with Crippen molar-refractivity contribution in [2.75, 3.05) is 0 Å². The van der Waals surface area contributed by atoms with Crippen molar-refractivity contribution in [2.24, 2.45) is 7.05 Å². The number of hydrogen-bond donors (Lipinski definition) is 1. The molecule has 96 valence electrons. The van der Waals surface area contributed by atoms with Gasteiger partial charge in [-0.05, 0) is 30.9 Å². The fourth-order valence-corrected chi connectivity index (χ4v) is 3.74. The Bertz CT molecular complexity index is 537. The zero-order valence-corrected chi connectivity index (χ0v) is 11.9.